The van der Waals surface area contributed by atoms with E-state index in [2.05, 4.69) is 9.97 Å². The Bertz CT molecular complexity index is 524. The van der Waals surface area contributed by atoms with Gasteiger partial charge in [0.25, 0.3) is 0 Å². The molecule has 0 aliphatic rings. The van der Waals surface area contributed by atoms with Crippen molar-refractivity contribution >= 4 is 5.97 Å². The van der Waals surface area contributed by atoms with Crippen LogP contribution < -0.4 is 0 Å². The molecule has 2 rings (SSSR count). The number of pyridine rings is 2. The summed E-state index contributed by atoms with van der Waals surface area (Å²) >= 11 is 0. The molecule has 4 nitrogen and oxygen atoms in total. The molecule has 0 bridgehead atoms. The fourth-order valence-corrected chi connectivity index (χ4v) is 1.56. The summed E-state index contributed by atoms with van der Waals surface area (Å²) in [6, 6.07) is 3.66. The minimum Gasteiger partial charge on any atom is -0.478 e. The molecule has 2 aromatic heterocycles. The van der Waals surface area contributed by atoms with Crippen LogP contribution in [0, 0.1) is 6.92 Å². The largest absolute Gasteiger partial charge is 0.478 e. The van der Waals surface area contributed by atoms with Gasteiger partial charge in [-0.15, -0.1) is 0 Å². The van der Waals surface area contributed by atoms with Crippen LogP contribution in [0.1, 0.15) is 15.9 Å². The van der Waals surface area contributed by atoms with Crippen molar-refractivity contribution in [2.45, 2.75) is 6.92 Å². The first kappa shape index (κ1) is 10.3. The van der Waals surface area contributed by atoms with Gasteiger partial charge in [0.15, 0.2) is 0 Å². The summed E-state index contributed by atoms with van der Waals surface area (Å²) in [5, 5.41) is 8.98. The normalized spacial score (nSPS) is 10.1. The molecular weight excluding hydrogens is 204 g/mol. The lowest BCUT2D eigenvalue weighted by Crippen LogP contribution is -2.02. The first-order chi connectivity index (χ1) is 7.70. The van der Waals surface area contributed by atoms with Crippen LogP contribution in [0.15, 0.2) is 36.9 Å². The molecule has 0 aliphatic carbocycles. The molecular formula is C12H10N2O2. The molecule has 80 valence electrons. The summed E-state index contributed by atoms with van der Waals surface area (Å²) in [5.74, 6) is -0.957. The van der Waals surface area contributed by atoms with E-state index < -0.39 is 5.97 Å². The molecule has 0 unspecified atom stereocenters. The Morgan fingerprint density at radius 3 is 2.50 bits per heavy atom. The topological polar surface area (TPSA) is 63.1 Å². The highest BCUT2D eigenvalue weighted by Gasteiger charge is 2.11. The Hall–Kier alpha value is -2.23. The zero-order valence-corrected chi connectivity index (χ0v) is 8.71. The first-order valence-corrected chi connectivity index (χ1v) is 4.78. The van der Waals surface area contributed by atoms with Crippen LogP contribution in [-0.2, 0) is 0 Å². The standard InChI is InChI=1S/C12H10N2O2/c1-8-10(9-2-4-13-5-3-9)6-14-7-11(8)12(15)16/h2-7H,1H3,(H,15,16). The Kier molecular flexibility index (Phi) is 2.64. The number of hydrogen-bond donors (Lipinski definition) is 1. The quantitative estimate of drug-likeness (QED) is 0.831. The zero-order chi connectivity index (χ0) is 11.5. The molecule has 0 spiro atoms. The van der Waals surface area contributed by atoms with Crippen molar-refractivity contribution in [1.82, 2.24) is 9.97 Å². The maximum absolute atomic E-state index is 11.0. The molecule has 0 amide bonds. The second kappa shape index (κ2) is 4.10. The zero-order valence-electron chi connectivity index (χ0n) is 8.71. The number of aromatic nitrogens is 2. The van der Waals surface area contributed by atoms with E-state index in [0.717, 1.165) is 11.1 Å². The van der Waals surface area contributed by atoms with E-state index in [1.165, 1.54) is 6.20 Å². The van der Waals surface area contributed by atoms with Crippen molar-refractivity contribution in [2.75, 3.05) is 0 Å². The minimum atomic E-state index is -0.957. The smallest absolute Gasteiger partial charge is 0.337 e. The molecule has 0 atom stereocenters. The maximum atomic E-state index is 11.0. The van der Waals surface area contributed by atoms with E-state index in [4.69, 9.17) is 5.11 Å². The lowest BCUT2D eigenvalue weighted by molar-refractivity contribution is 0.0695. The second-order valence-corrected chi connectivity index (χ2v) is 3.40. The monoisotopic (exact) mass is 214 g/mol. The van der Waals surface area contributed by atoms with Gasteiger partial charge in [-0.25, -0.2) is 4.79 Å². The van der Waals surface area contributed by atoms with Crippen LogP contribution in [0.2, 0.25) is 0 Å². The maximum Gasteiger partial charge on any atom is 0.337 e. The van der Waals surface area contributed by atoms with E-state index in [1.54, 1.807) is 25.5 Å². The molecule has 0 saturated heterocycles. The van der Waals surface area contributed by atoms with Gasteiger partial charge < -0.3 is 5.11 Å². The fraction of sp³-hybridized carbons (Fsp3) is 0.0833. The number of nitrogens with zero attached hydrogens (tertiary/aromatic N) is 2. The second-order valence-electron chi connectivity index (χ2n) is 3.40. The third-order valence-electron chi connectivity index (χ3n) is 2.44. The number of hydrogen-bond acceptors (Lipinski definition) is 3. The van der Waals surface area contributed by atoms with Gasteiger partial charge in [-0.2, -0.15) is 0 Å². The summed E-state index contributed by atoms with van der Waals surface area (Å²) in [7, 11) is 0. The highest BCUT2D eigenvalue weighted by Crippen LogP contribution is 2.23. The van der Waals surface area contributed by atoms with Crippen molar-refractivity contribution in [3.05, 3.63) is 48.0 Å². The van der Waals surface area contributed by atoms with E-state index in [0.29, 0.717) is 5.56 Å². The van der Waals surface area contributed by atoms with Gasteiger partial charge in [-0.1, -0.05) is 0 Å². The lowest BCUT2D eigenvalue weighted by Gasteiger charge is -2.07. The van der Waals surface area contributed by atoms with Crippen molar-refractivity contribution in [3.63, 3.8) is 0 Å². The lowest BCUT2D eigenvalue weighted by atomic mass is 10.0. The van der Waals surface area contributed by atoms with Crippen molar-refractivity contribution in [2.24, 2.45) is 0 Å². The van der Waals surface area contributed by atoms with Crippen LogP contribution in [0.5, 0.6) is 0 Å². The predicted octanol–water partition coefficient (Wildman–Crippen LogP) is 2.15. The average Bonchev–Trinajstić information content (AvgIpc) is 2.30. The van der Waals surface area contributed by atoms with Crippen LogP contribution in [0.3, 0.4) is 0 Å². The summed E-state index contributed by atoms with van der Waals surface area (Å²) < 4.78 is 0. The summed E-state index contributed by atoms with van der Waals surface area (Å²) in [4.78, 5) is 18.8. The average molecular weight is 214 g/mol. The number of rotatable bonds is 2. The Morgan fingerprint density at radius 1 is 1.19 bits per heavy atom. The van der Waals surface area contributed by atoms with Crippen LogP contribution in [-0.4, -0.2) is 21.0 Å². The molecule has 4 heteroatoms. The highest BCUT2D eigenvalue weighted by molar-refractivity contribution is 5.91. The summed E-state index contributed by atoms with van der Waals surface area (Å²) in [6.07, 6.45) is 6.36. The molecule has 1 N–H and O–H groups in total. The number of aromatic carboxylic acids is 1. The fourth-order valence-electron chi connectivity index (χ4n) is 1.56. The SMILES string of the molecule is Cc1c(C(=O)O)cncc1-c1ccncc1. The summed E-state index contributed by atoms with van der Waals surface area (Å²) in [6.45, 7) is 1.78. The van der Waals surface area contributed by atoms with Crippen molar-refractivity contribution in [1.29, 1.82) is 0 Å². The van der Waals surface area contributed by atoms with Gasteiger partial charge in [-0.05, 0) is 30.2 Å². The highest BCUT2D eigenvalue weighted by atomic mass is 16.4. The summed E-state index contributed by atoms with van der Waals surface area (Å²) in [5.41, 5.74) is 2.69. The minimum absolute atomic E-state index is 0.231. The van der Waals surface area contributed by atoms with E-state index in [9.17, 15) is 4.79 Å². The third-order valence-corrected chi connectivity index (χ3v) is 2.44. The Labute approximate surface area is 92.6 Å². The molecule has 0 aromatic carbocycles. The number of carboxylic acids is 1. The molecule has 0 fully saturated rings. The number of carbonyl (C=O) groups is 1. The van der Waals surface area contributed by atoms with E-state index in [1.807, 2.05) is 12.1 Å². The van der Waals surface area contributed by atoms with Crippen LogP contribution in [0.25, 0.3) is 11.1 Å². The van der Waals surface area contributed by atoms with Gasteiger partial charge in [0.2, 0.25) is 0 Å². The molecule has 0 aliphatic heterocycles. The third kappa shape index (κ3) is 1.77. The predicted molar refractivity (Wildman–Crippen MR) is 59.2 cm³/mol. The van der Waals surface area contributed by atoms with E-state index in [-0.39, 0.29) is 5.56 Å². The van der Waals surface area contributed by atoms with E-state index >= 15 is 0 Å². The van der Waals surface area contributed by atoms with Gasteiger partial charge in [0.1, 0.15) is 0 Å². The van der Waals surface area contributed by atoms with Gasteiger partial charge in [0.05, 0.1) is 5.56 Å². The molecule has 16 heavy (non-hydrogen) atoms. The Balaban J connectivity index is 2.59. The molecule has 0 radical (unpaired) electrons. The van der Waals surface area contributed by atoms with Crippen molar-refractivity contribution < 1.29 is 9.90 Å². The van der Waals surface area contributed by atoms with Crippen molar-refractivity contribution in [3.8, 4) is 11.1 Å². The Morgan fingerprint density at radius 2 is 1.88 bits per heavy atom. The van der Waals surface area contributed by atoms with Gasteiger partial charge >= 0.3 is 5.97 Å². The number of carboxylic acid groups (broad SMARTS) is 1. The molecule has 0 saturated carbocycles. The van der Waals surface area contributed by atoms with Crippen LogP contribution >= 0.6 is 0 Å². The van der Waals surface area contributed by atoms with Gasteiger partial charge in [0, 0.05) is 30.4 Å². The van der Waals surface area contributed by atoms with Gasteiger partial charge in [-0.3, -0.25) is 9.97 Å². The molecule has 2 heterocycles. The first-order valence-electron chi connectivity index (χ1n) is 4.78. The van der Waals surface area contributed by atoms with Crippen LogP contribution in [0.4, 0.5) is 0 Å². The molecule has 2 aromatic rings.